The summed E-state index contributed by atoms with van der Waals surface area (Å²) in [6.45, 7) is 5.10. The number of hydrogen-bond donors (Lipinski definition) is 0. The first-order valence-corrected chi connectivity index (χ1v) is 10.5. The quantitative estimate of drug-likeness (QED) is 0.497. The third kappa shape index (κ3) is 4.84. The van der Waals surface area contributed by atoms with Crippen molar-refractivity contribution in [3.05, 3.63) is 64.7 Å². The van der Waals surface area contributed by atoms with Crippen molar-refractivity contribution >= 4 is 34.2 Å². The van der Waals surface area contributed by atoms with Gasteiger partial charge in [-0.3, -0.25) is 0 Å². The predicted octanol–water partition coefficient (Wildman–Crippen LogP) is 7.33. The van der Waals surface area contributed by atoms with Crippen molar-refractivity contribution in [3.63, 3.8) is 0 Å². The van der Waals surface area contributed by atoms with Crippen LogP contribution >= 0.6 is 23.4 Å². The zero-order chi connectivity index (χ0) is 20.3. The molecule has 1 fully saturated rings. The summed E-state index contributed by atoms with van der Waals surface area (Å²) in [5, 5.41) is 1.04. The smallest absolute Gasteiger partial charge is 0.347 e. The van der Waals surface area contributed by atoms with Crippen molar-refractivity contribution < 1.29 is 13.2 Å². The van der Waals surface area contributed by atoms with E-state index in [4.69, 9.17) is 11.6 Å². The minimum atomic E-state index is -4.42. The lowest BCUT2D eigenvalue weighted by Gasteiger charge is -2.26. The molecule has 0 aromatic heterocycles. The molecule has 0 radical (unpaired) electrons. The zero-order valence-corrected chi connectivity index (χ0v) is 17.3. The van der Waals surface area contributed by atoms with Gasteiger partial charge in [0.1, 0.15) is 0 Å². The lowest BCUT2D eigenvalue weighted by molar-refractivity contribution is -0.137. The number of thioether (sulfide) groups is 1. The van der Waals surface area contributed by atoms with E-state index in [2.05, 4.69) is 35.9 Å². The van der Waals surface area contributed by atoms with Crippen LogP contribution in [0.5, 0.6) is 0 Å². The Morgan fingerprint density at radius 3 is 2.54 bits per heavy atom. The van der Waals surface area contributed by atoms with Gasteiger partial charge in [-0.25, -0.2) is 4.99 Å². The standard InChI is InChI=1S/C21H22ClF3N2S/c1-3-7-14(2)27-13-19(15-8-5-4-6-9-15)28-20(27)26-18-11-10-16(12-17(18)22)21(23,24)25/h4-6,8-12,14,19H,3,7,13H2,1-2H3. The Morgan fingerprint density at radius 1 is 1.21 bits per heavy atom. The Kier molecular flexibility index (Phi) is 6.61. The number of benzene rings is 2. The lowest BCUT2D eigenvalue weighted by Crippen LogP contribution is -2.33. The molecule has 3 rings (SSSR count). The molecule has 0 N–H and O–H groups in total. The molecule has 2 aromatic carbocycles. The highest BCUT2D eigenvalue weighted by atomic mass is 35.5. The summed E-state index contributed by atoms with van der Waals surface area (Å²) in [5.41, 5.74) is 0.809. The average molecular weight is 427 g/mol. The maximum atomic E-state index is 12.9. The van der Waals surface area contributed by atoms with Crippen LogP contribution in [0.25, 0.3) is 0 Å². The van der Waals surface area contributed by atoms with E-state index in [0.717, 1.165) is 36.7 Å². The summed E-state index contributed by atoms with van der Waals surface area (Å²) < 4.78 is 38.7. The average Bonchev–Trinajstić information content (AvgIpc) is 3.07. The van der Waals surface area contributed by atoms with Crippen molar-refractivity contribution in [1.29, 1.82) is 0 Å². The molecule has 2 nitrogen and oxygen atoms in total. The van der Waals surface area contributed by atoms with Gasteiger partial charge in [-0.15, -0.1) is 0 Å². The molecule has 1 heterocycles. The van der Waals surface area contributed by atoms with Gasteiger partial charge in [-0.05, 0) is 37.1 Å². The number of halogens is 4. The van der Waals surface area contributed by atoms with Crippen LogP contribution in [-0.4, -0.2) is 22.7 Å². The van der Waals surface area contributed by atoms with Gasteiger partial charge in [0.25, 0.3) is 0 Å². The fraction of sp³-hybridized carbons (Fsp3) is 0.381. The predicted molar refractivity (Wildman–Crippen MR) is 111 cm³/mol. The van der Waals surface area contributed by atoms with Crippen LogP contribution in [0.3, 0.4) is 0 Å². The summed E-state index contributed by atoms with van der Waals surface area (Å²) in [5.74, 6) is 0. The second-order valence-corrected chi connectivity index (χ2v) is 8.44. The lowest BCUT2D eigenvalue weighted by atomic mass is 10.1. The molecule has 1 aliphatic heterocycles. The molecule has 0 spiro atoms. The molecule has 1 aliphatic rings. The topological polar surface area (TPSA) is 15.6 Å². The Morgan fingerprint density at radius 2 is 1.93 bits per heavy atom. The molecule has 0 amide bonds. The highest BCUT2D eigenvalue weighted by Gasteiger charge is 2.33. The molecule has 28 heavy (non-hydrogen) atoms. The first kappa shape index (κ1) is 21.1. The minimum Gasteiger partial charge on any atom is -0.347 e. The van der Waals surface area contributed by atoms with Crippen molar-refractivity contribution in [2.24, 2.45) is 4.99 Å². The van der Waals surface area contributed by atoms with Crippen LogP contribution < -0.4 is 0 Å². The first-order valence-electron chi connectivity index (χ1n) is 9.23. The van der Waals surface area contributed by atoms with E-state index in [9.17, 15) is 13.2 Å². The highest BCUT2D eigenvalue weighted by molar-refractivity contribution is 8.14. The van der Waals surface area contributed by atoms with Crippen molar-refractivity contribution in [3.8, 4) is 0 Å². The number of amidine groups is 1. The summed E-state index contributed by atoms with van der Waals surface area (Å²) in [4.78, 5) is 6.88. The van der Waals surface area contributed by atoms with E-state index in [0.29, 0.717) is 5.69 Å². The van der Waals surface area contributed by atoms with E-state index in [1.54, 1.807) is 11.8 Å². The molecule has 7 heteroatoms. The van der Waals surface area contributed by atoms with Crippen LogP contribution in [0.4, 0.5) is 18.9 Å². The van der Waals surface area contributed by atoms with Crippen LogP contribution in [-0.2, 0) is 6.18 Å². The summed E-state index contributed by atoms with van der Waals surface area (Å²) >= 11 is 7.76. The maximum absolute atomic E-state index is 12.9. The fourth-order valence-corrected chi connectivity index (χ4v) is 4.79. The van der Waals surface area contributed by atoms with Gasteiger partial charge in [-0.1, -0.05) is 67.0 Å². The molecule has 0 saturated carbocycles. The number of aliphatic imine (C=N–C) groups is 1. The molecular weight excluding hydrogens is 405 g/mol. The van der Waals surface area contributed by atoms with Crippen molar-refractivity contribution in [1.82, 2.24) is 4.90 Å². The normalized spacial score (nSPS) is 20.0. The van der Waals surface area contributed by atoms with E-state index in [1.165, 1.54) is 11.6 Å². The number of rotatable bonds is 5. The Bertz CT molecular complexity index is 839. The fourth-order valence-electron chi connectivity index (χ4n) is 3.24. The number of alkyl halides is 3. The third-order valence-electron chi connectivity index (χ3n) is 4.76. The van der Waals surface area contributed by atoms with E-state index < -0.39 is 11.7 Å². The van der Waals surface area contributed by atoms with Crippen LogP contribution in [0.15, 0.2) is 53.5 Å². The maximum Gasteiger partial charge on any atom is 0.416 e. The van der Waals surface area contributed by atoms with E-state index in [1.807, 2.05) is 18.2 Å². The molecule has 0 aliphatic carbocycles. The first-order chi connectivity index (χ1) is 13.3. The molecule has 2 unspecified atom stereocenters. The monoisotopic (exact) mass is 426 g/mol. The van der Waals surface area contributed by atoms with Crippen molar-refractivity contribution in [2.45, 2.75) is 44.2 Å². The molecule has 150 valence electrons. The van der Waals surface area contributed by atoms with E-state index in [-0.39, 0.29) is 16.3 Å². The van der Waals surface area contributed by atoms with Gasteiger partial charge in [0.15, 0.2) is 5.17 Å². The second-order valence-electron chi connectivity index (χ2n) is 6.87. The van der Waals surface area contributed by atoms with Crippen LogP contribution in [0, 0.1) is 0 Å². The molecule has 2 atom stereocenters. The molecule has 2 aromatic rings. The minimum absolute atomic E-state index is 0.00850. The third-order valence-corrected chi connectivity index (χ3v) is 6.30. The Labute approximate surface area is 172 Å². The van der Waals surface area contributed by atoms with Gasteiger partial charge < -0.3 is 4.90 Å². The summed E-state index contributed by atoms with van der Waals surface area (Å²) in [6.07, 6.45) is -2.36. The van der Waals surface area contributed by atoms with Crippen molar-refractivity contribution in [2.75, 3.05) is 6.54 Å². The van der Waals surface area contributed by atoms with Gasteiger partial charge in [-0.2, -0.15) is 13.2 Å². The SMILES string of the molecule is CCCC(C)N1CC(c2ccccc2)SC1=Nc1ccc(C(F)(F)F)cc1Cl. The zero-order valence-electron chi connectivity index (χ0n) is 15.7. The molecular formula is C21H22ClF3N2S. The van der Waals surface area contributed by atoms with Gasteiger partial charge in [0.05, 0.1) is 21.5 Å². The number of nitrogens with zero attached hydrogens (tertiary/aromatic N) is 2. The van der Waals surface area contributed by atoms with E-state index >= 15 is 0 Å². The highest BCUT2D eigenvalue weighted by Crippen LogP contribution is 2.42. The molecule has 0 bridgehead atoms. The largest absolute Gasteiger partial charge is 0.416 e. The Hall–Kier alpha value is -1.66. The molecule has 1 saturated heterocycles. The van der Waals surface area contributed by atoms with Gasteiger partial charge >= 0.3 is 6.18 Å². The van der Waals surface area contributed by atoms with Crippen LogP contribution in [0.1, 0.15) is 43.1 Å². The number of hydrogen-bond acceptors (Lipinski definition) is 2. The Balaban J connectivity index is 1.92. The van der Waals surface area contributed by atoms with Crippen LogP contribution in [0.2, 0.25) is 5.02 Å². The second kappa shape index (κ2) is 8.78. The van der Waals surface area contributed by atoms with Gasteiger partial charge in [0.2, 0.25) is 0 Å². The van der Waals surface area contributed by atoms with Gasteiger partial charge in [0, 0.05) is 12.6 Å². The summed E-state index contributed by atoms with van der Waals surface area (Å²) in [7, 11) is 0. The summed E-state index contributed by atoms with van der Waals surface area (Å²) in [6, 6.07) is 13.8.